The van der Waals surface area contributed by atoms with Crippen molar-refractivity contribution in [3.63, 3.8) is 0 Å². The summed E-state index contributed by atoms with van der Waals surface area (Å²) in [5.41, 5.74) is 3.17. The van der Waals surface area contributed by atoms with E-state index in [1.165, 1.54) is 18.2 Å². The maximum absolute atomic E-state index is 13.7. The highest BCUT2D eigenvalue weighted by molar-refractivity contribution is 9.10. The van der Waals surface area contributed by atoms with Gasteiger partial charge in [-0.25, -0.2) is 9.82 Å². The number of carbonyl (C=O) groups excluding carboxylic acids is 2. The first-order valence-electron chi connectivity index (χ1n) is 7.78. The molecule has 0 bridgehead atoms. The topological polar surface area (TPSA) is 61.8 Å². The van der Waals surface area contributed by atoms with E-state index >= 15 is 0 Å². The predicted octanol–water partition coefficient (Wildman–Crippen LogP) is 3.74. The molecule has 26 heavy (non-hydrogen) atoms. The molecular formula is C18H14BrClFN3O2. The van der Waals surface area contributed by atoms with Gasteiger partial charge in [-0.2, -0.15) is 5.10 Å². The maximum Gasteiger partial charge on any atom is 0.245 e. The van der Waals surface area contributed by atoms with Crippen LogP contribution in [0.1, 0.15) is 12.0 Å². The number of hydrogen-bond donors (Lipinski definition) is 1. The van der Waals surface area contributed by atoms with Crippen LogP contribution in [0, 0.1) is 11.7 Å². The fraction of sp³-hybridized carbons (Fsp3) is 0.167. The van der Waals surface area contributed by atoms with Crippen LogP contribution in [0.15, 0.2) is 52.0 Å². The van der Waals surface area contributed by atoms with Gasteiger partial charge in [0.05, 0.1) is 17.2 Å². The van der Waals surface area contributed by atoms with Crippen molar-refractivity contribution < 1.29 is 14.0 Å². The van der Waals surface area contributed by atoms with Gasteiger partial charge < -0.3 is 4.90 Å². The van der Waals surface area contributed by atoms with Crippen molar-refractivity contribution in [1.29, 1.82) is 0 Å². The molecule has 0 saturated carbocycles. The lowest BCUT2D eigenvalue weighted by Gasteiger charge is -2.16. The first-order chi connectivity index (χ1) is 12.5. The van der Waals surface area contributed by atoms with E-state index in [1.807, 2.05) is 12.1 Å². The molecular weight excluding hydrogens is 425 g/mol. The summed E-state index contributed by atoms with van der Waals surface area (Å²) in [7, 11) is 0. The third-order valence-corrected chi connectivity index (χ3v) is 4.86. The Morgan fingerprint density at radius 1 is 1.31 bits per heavy atom. The van der Waals surface area contributed by atoms with Crippen molar-refractivity contribution in [3.05, 3.63) is 63.3 Å². The smallest absolute Gasteiger partial charge is 0.245 e. The average molecular weight is 439 g/mol. The molecule has 1 aliphatic heterocycles. The number of rotatable bonds is 4. The van der Waals surface area contributed by atoms with E-state index in [1.54, 1.807) is 17.0 Å². The summed E-state index contributed by atoms with van der Waals surface area (Å²) >= 11 is 9.23. The fourth-order valence-electron chi connectivity index (χ4n) is 2.64. The molecule has 1 heterocycles. The number of amides is 2. The number of nitrogens with zero attached hydrogens (tertiary/aromatic N) is 2. The molecule has 0 radical (unpaired) electrons. The number of benzene rings is 2. The molecule has 0 unspecified atom stereocenters. The largest absolute Gasteiger partial charge is 0.312 e. The van der Waals surface area contributed by atoms with Crippen LogP contribution in [0.5, 0.6) is 0 Å². The number of halogens is 3. The monoisotopic (exact) mass is 437 g/mol. The summed E-state index contributed by atoms with van der Waals surface area (Å²) in [6.07, 6.45) is 1.25. The van der Waals surface area contributed by atoms with Gasteiger partial charge in [0.2, 0.25) is 11.8 Å². The molecule has 0 spiro atoms. The van der Waals surface area contributed by atoms with Gasteiger partial charge in [0, 0.05) is 28.7 Å². The SMILES string of the molecule is O=C(N/N=C\c1c(F)cccc1Cl)[C@H]1CC(=O)N(c2ccc(Br)cc2)C1. The lowest BCUT2D eigenvalue weighted by molar-refractivity contribution is -0.126. The van der Waals surface area contributed by atoms with Gasteiger partial charge in [0.25, 0.3) is 0 Å². The van der Waals surface area contributed by atoms with Crippen LogP contribution in [-0.2, 0) is 9.59 Å². The molecule has 0 aromatic heterocycles. The van der Waals surface area contributed by atoms with E-state index in [2.05, 4.69) is 26.5 Å². The number of anilines is 1. The lowest BCUT2D eigenvalue weighted by Crippen LogP contribution is -2.30. The normalized spacial score (nSPS) is 17.1. The van der Waals surface area contributed by atoms with Crippen LogP contribution in [0.4, 0.5) is 10.1 Å². The van der Waals surface area contributed by atoms with Crippen molar-refractivity contribution in [2.24, 2.45) is 11.0 Å². The fourth-order valence-corrected chi connectivity index (χ4v) is 3.12. The molecule has 2 amide bonds. The summed E-state index contributed by atoms with van der Waals surface area (Å²) in [6, 6.07) is 11.5. The Kier molecular flexibility index (Phi) is 5.68. The molecule has 3 rings (SSSR count). The molecule has 134 valence electrons. The van der Waals surface area contributed by atoms with E-state index in [0.29, 0.717) is 0 Å². The van der Waals surface area contributed by atoms with Crippen LogP contribution in [0.3, 0.4) is 0 Å². The Morgan fingerprint density at radius 3 is 2.73 bits per heavy atom. The van der Waals surface area contributed by atoms with E-state index < -0.39 is 17.6 Å². The molecule has 1 aliphatic rings. The van der Waals surface area contributed by atoms with Crippen LogP contribution in [0.25, 0.3) is 0 Å². The van der Waals surface area contributed by atoms with E-state index in [-0.39, 0.29) is 29.5 Å². The van der Waals surface area contributed by atoms with Crippen LogP contribution in [0.2, 0.25) is 5.02 Å². The van der Waals surface area contributed by atoms with Gasteiger partial charge >= 0.3 is 0 Å². The molecule has 2 aromatic rings. The molecule has 0 aliphatic carbocycles. The minimum Gasteiger partial charge on any atom is -0.312 e. The van der Waals surface area contributed by atoms with Gasteiger partial charge in [-0.05, 0) is 36.4 Å². The van der Waals surface area contributed by atoms with E-state index in [4.69, 9.17) is 11.6 Å². The quantitative estimate of drug-likeness (QED) is 0.584. The highest BCUT2D eigenvalue weighted by Gasteiger charge is 2.35. The Hall–Kier alpha value is -2.25. The molecule has 8 heteroatoms. The first-order valence-corrected chi connectivity index (χ1v) is 8.95. The molecule has 5 nitrogen and oxygen atoms in total. The Balaban J connectivity index is 1.63. The summed E-state index contributed by atoms with van der Waals surface area (Å²) in [6.45, 7) is 0.266. The van der Waals surface area contributed by atoms with Crippen LogP contribution >= 0.6 is 27.5 Å². The van der Waals surface area contributed by atoms with E-state index in [0.717, 1.165) is 16.4 Å². The Bertz CT molecular complexity index is 853. The summed E-state index contributed by atoms with van der Waals surface area (Å²) in [5, 5.41) is 3.95. The first kappa shape index (κ1) is 18.5. The number of carbonyl (C=O) groups is 2. The minimum absolute atomic E-state index is 0.0912. The zero-order chi connectivity index (χ0) is 18.7. The van der Waals surface area contributed by atoms with Crippen molar-refractivity contribution in [2.75, 3.05) is 11.4 Å². The highest BCUT2D eigenvalue weighted by Crippen LogP contribution is 2.26. The Labute approximate surface area is 163 Å². The second kappa shape index (κ2) is 7.97. The van der Waals surface area contributed by atoms with Crippen molar-refractivity contribution >= 4 is 51.2 Å². The van der Waals surface area contributed by atoms with Crippen LogP contribution in [-0.4, -0.2) is 24.6 Å². The lowest BCUT2D eigenvalue weighted by atomic mass is 10.1. The molecule has 1 N–H and O–H groups in total. The Morgan fingerprint density at radius 2 is 2.04 bits per heavy atom. The number of nitrogens with one attached hydrogen (secondary N) is 1. The van der Waals surface area contributed by atoms with Crippen molar-refractivity contribution in [3.8, 4) is 0 Å². The number of hydrogen-bond acceptors (Lipinski definition) is 3. The highest BCUT2D eigenvalue weighted by atomic mass is 79.9. The second-order valence-electron chi connectivity index (χ2n) is 5.75. The average Bonchev–Trinajstić information content (AvgIpc) is 3.00. The van der Waals surface area contributed by atoms with Gasteiger partial charge in [0.1, 0.15) is 5.82 Å². The molecule has 1 fully saturated rings. The third-order valence-electron chi connectivity index (χ3n) is 4.00. The number of hydrazone groups is 1. The predicted molar refractivity (Wildman–Crippen MR) is 102 cm³/mol. The third kappa shape index (κ3) is 4.11. The van der Waals surface area contributed by atoms with E-state index in [9.17, 15) is 14.0 Å². The summed E-state index contributed by atoms with van der Waals surface area (Å²) in [5.74, 6) is -1.59. The molecule has 1 saturated heterocycles. The van der Waals surface area contributed by atoms with Crippen molar-refractivity contribution in [2.45, 2.75) is 6.42 Å². The second-order valence-corrected chi connectivity index (χ2v) is 7.07. The summed E-state index contributed by atoms with van der Waals surface area (Å²) in [4.78, 5) is 26.0. The molecule has 2 aromatic carbocycles. The zero-order valence-corrected chi connectivity index (χ0v) is 15.8. The standard InChI is InChI=1S/C18H14BrClFN3O2/c19-12-4-6-13(7-5-12)24-10-11(8-17(24)25)18(26)23-22-9-14-15(20)2-1-3-16(14)21/h1-7,9,11H,8,10H2,(H,23,26)/b22-9-/t11-/m0/s1. The van der Waals surface area contributed by atoms with Gasteiger partial charge in [-0.3, -0.25) is 9.59 Å². The van der Waals surface area contributed by atoms with Gasteiger partial charge in [-0.15, -0.1) is 0 Å². The zero-order valence-electron chi connectivity index (χ0n) is 13.5. The maximum atomic E-state index is 13.7. The van der Waals surface area contributed by atoms with Crippen molar-refractivity contribution in [1.82, 2.24) is 5.43 Å². The minimum atomic E-state index is -0.534. The van der Waals surface area contributed by atoms with Gasteiger partial charge in [0.15, 0.2) is 0 Å². The van der Waals surface area contributed by atoms with Crippen LogP contribution < -0.4 is 10.3 Å². The molecule has 1 atom stereocenters. The van der Waals surface area contributed by atoms with Gasteiger partial charge in [-0.1, -0.05) is 33.6 Å². The summed E-state index contributed by atoms with van der Waals surface area (Å²) < 4.78 is 14.6.